The minimum atomic E-state index is -3.46. The fourth-order valence-electron chi connectivity index (χ4n) is 3.39. The molecule has 7 heteroatoms. The number of rotatable bonds is 5. The quantitative estimate of drug-likeness (QED) is 0.810. The van der Waals surface area contributed by atoms with Gasteiger partial charge in [-0.05, 0) is 42.3 Å². The first kappa shape index (κ1) is 20.4. The van der Waals surface area contributed by atoms with Gasteiger partial charge in [0.2, 0.25) is 10.0 Å². The highest BCUT2D eigenvalue weighted by Crippen LogP contribution is 2.23. The molecule has 1 aliphatic rings. The van der Waals surface area contributed by atoms with Crippen molar-refractivity contribution in [3.05, 3.63) is 65.2 Å². The molecule has 1 saturated heterocycles. The van der Waals surface area contributed by atoms with Crippen molar-refractivity contribution in [1.82, 2.24) is 4.90 Å². The molecule has 0 aliphatic carbocycles. The zero-order chi connectivity index (χ0) is 20.3. The molecule has 0 spiro atoms. The molecule has 2 aromatic rings. The number of anilines is 1. The summed E-state index contributed by atoms with van der Waals surface area (Å²) in [5, 5.41) is 0. The molecule has 1 fully saturated rings. The second kappa shape index (κ2) is 8.32. The van der Waals surface area contributed by atoms with E-state index in [1.165, 1.54) is 15.5 Å². The van der Waals surface area contributed by atoms with Crippen molar-refractivity contribution in [2.45, 2.75) is 13.5 Å². The lowest BCUT2D eigenvalue weighted by Crippen LogP contribution is -3.12. The van der Waals surface area contributed by atoms with Crippen molar-refractivity contribution in [2.75, 3.05) is 43.8 Å². The number of piperazine rings is 1. The van der Waals surface area contributed by atoms with Gasteiger partial charge in [-0.3, -0.25) is 9.10 Å². The number of sulfonamides is 1. The maximum atomic E-state index is 12.7. The molecule has 0 atom stereocenters. The molecule has 28 heavy (non-hydrogen) atoms. The SMILES string of the molecule is Cc1ccccc1CN(c1ccc(C(=O)N2CC[NH+](C)CC2)cc1)S(C)(=O)=O. The molecule has 0 radical (unpaired) electrons. The number of carbonyl (C=O) groups excluding carboxylic acids is 1. The van der Waals surface area contributed by atoms with E-state index in [-0.39, 0.29) is 12.5 Å². The smallest absolute Gasteiger partial charge is 0.254 e. The summed E-state index contributed by atoms with van der Waals surface area (Å²) in [4.78, 5) is 16.0. The maximum Gasteiger partial charge on any atom is 0.254 e. The molecule has 1 amide bonds. The Morgan fingerprint density at radius 3 is 2.25 bits per heavy atom. The van der Waals surface area contributed by atoms with Gasteiger partial charge in [-0.25, -0.2) is 8.42 Å². The molecule has 1 aliphatic heterocycles. The van der Waals surface area contributed by atoms with E-state index < -0.39 is 10.0 Å². The van der Waals surface area contributed by atoms with Crippen LogP contribution in [0.5, 0.6) is 0 Å². The Bertz CT molecular complexity index is 934. The van der Waals surface area contributed by atoms with Gasteiger partial charge < -0.3 is 9.80 Å². The highest BCUT2D eigenvalue weighted by Gasteiger charge is 2.23. The molecule has 2 aromatic carbocycles. The average molecular weight is 403 g/mol. The maximum absolute atomic E-state index is 12.7. The standard InChI is InChI=1S/C21H27N3O3S/c1-17-6-4-5-7-19(17)16-24(28(3,26)27)20-10-8-18(9-11-20)21(25)23-14-12-22(2)13-15-23/h4-11H,12-16H2,1-3H3/p+1. The van der Waals surface area contributed by atoms with Gasteiger partial charge in [-0.2, -0.15) is 0 Å². The number of amides is 1. The van der Waals surface area contributed by atoms with Crippen molar-refractivity contribution < 1.29 is 18.1 Å². The van der Waals surface area contributed by atoms with Crippen LogP contribution in [0.25, 0.3) is 0 Å². The van der Waals surface area contributed by atoms with Crippen LogP contribution < -0.4 is 9.21 Å². The van der Waals surface area contributed by atoms with E-state index in [1.807, 2.05) is 36.1 Å². The Kier molecular flexibility index (Phi) is 6.05. The minimum Gasteiger partial charge on any atom is -0.334 e. The summed E-state index contributed by atoms with van der Waals surface area (Å²) in [6.45, 7) is 5.61. The third-order valence-electron chi connectivity index (χ3n) is 5.28. The number of quaternary nitrogens is 1. The van der Waals surface area contributed by atoms with E-state index in [9.17, 15) is 13.2 Å². The molecular formula is C21H28N3O3S+. The predicted octanol–water partition coefficient (Wildman–Crippen LogP) is 0.932. The summed E-state index contributed by atoms with van der Waals surface area (Å²) in [7, 11) is -1.33. The van der Waals surface area contributed by atoms with Gasteiger partial charge in [-0.1, -0.05) is 24.3 Å². The van der Waals surface area contributed by atoms with Crippen LogP contribution in [0, 0.1) is 6.92 Å². The summed E-state index contributed by atoms with van der Waals surface area (Å²) >= 11 is 0. The second-order valence-corrected chi connectivity index (χ2v) is 9.40. The van der Waals surface area contributed by atoms with Crippen molar-refractivity contribution in [1.29, 1.82) is 0 Å². The third-order valence-corrected chi connectivity index (χ3v) is 6.42. The number of benzene rings is 2. The second-order valence-electron chi connectivity index (χ2n) is 7.49. The summed E-state index contributed by atoms with van der Waals surface area (Å²) in [5.74, 6) is 0.00357. The number of nitrogens with zero attached hydrogens (tertiary/aromatic N) is 2. The average Bonchev–Trinajstić information content (AvgIpc) is 2.67. The Morgan fingerprint density at radius 2 is 1.68 bits per heavy atom. The summed E-state index contributed by atoms with van der Waals surface area (Å²) in [6.07, 6.45) is 1.21. The van der Waals surface area contributed by atoms with Gasteiger partial charge in [-0.15, -0.1) is 0 Å². The van der Waals surface area contributed by atoms with E-state index in [1.54, 1.807) is 24.3 Å². The molecule has 0 unspecified atom stereocenters. The predicted molar refractivity (Wildman–Crippen MR) is 111 cm³/mol. The van der Waals surface area contributed by atoms with Crippen LogP contribution in [-0.4, -0.2) is 58.7 Å². The Morgan fingerprint density at radius 1 is 1.07 bits per heavy atom. The molecule has 150 valence electrons. The fraction of sp³-hybridized carbons (Fsp3) is 0.381. The highest BCUT2D eigenvalue weighted by atomic mass is 32.2. The monoisotopic (exact) mass is 402 g/mol. The van der Waals surface area contributed by atoms with Crippen LogP contribution in [0.2, 0.25) is 0 Å². The Labute approximate surface area is 167 Å². The van der Waals surface area contributed by atoms with Crippen molar-refractivity contribution in [3.8, 4) is 0 Å². The lowest BCUT2D eigenvalue weighted by molar-refractivity contribution is -0.883. The topological polar surface area (TPSA) is 62.1 Å². The number of nitrogens with one attached hydrogen (secondary N) is 1. The number of hydrogen-bond donors (Lipinski definition) is 1. The van der Waals surface area contributed by atoms with Crippen LogP contribution in [0.15, 0.2) is 48.5 Å². The molecule has 0 saturated carbocycles. The summed E-state index contributed by atoms with van der Waals surface area (Å²) in [6, 6.07) is 14.6. The zero-order valence-corrected chi connectivity index (χ0v) is 17.5. The summed E-state index contributed by atoms with van der Waals surface area (Å²) < 4.78 is 26.2. The van der Waals surface area contributed by atoms with Crippen LogP contribution in [0.4, 0.5) is 5.69 Å². The lowest BCUT2D eigenvalue weighted by atomic mass is 10.1. The molecule has 3 rings (SSSR count). The van der Waals surface area contributed by atoms with Crippen molar-refractivity contribution >= 4 is 21.6 Å². The Balaban J connectivity index is 1.81. The highest BCUT2D eigenvalue weighted by molar-refractivity contribution is 7.92. The van der Waals surface area contributed by atoms with E-state index in [2.05, 4.69) is 7.05 Å². The minimum absolute atomic E-state index is 0.00357. The van der Waals surface area contributed by atoms with E-state index in [4.69, 9.17) is 0 Å². The molecule has 0 aromatic heterocycles. The summed E-state index contributed by atoms with van der Waals surface area (Å²) in [5.41, 5.74) is 3.14. The van der Waals surface area contributed by atoms with E-state index in [0.717, 1.165) is 37.3 Å². The molecule has 6 nitrogen and oxygen atoms in total. The fourth-order valence-corrected chi connectivity index (χ4v) is 4.26. The van der Waals surface area contributed by atoms with Crippen LogP contribution in [0.1, 0.15) is 21.5 Å². The first-order valence-corrected chi connectivity index (χ1v) is 11.3. The van der Waals surface area contributed by atoms with E-state index in [0.29, 0.717) is 11.3 Å². The van der Waals surface area contributed by atoms with Gasteiger partial charge in [0.05, 0.1) is 51.7 Å². The van der Waals surface area contributed by atoms with Gasteiger partial charge >= 0.3 is 0 Å². The first-order chi connectivity index (χ1) is 13.3. The zero-order valence-electron chi connectivity index (χ0n) is 16.7. The van der Waals surface area contributed by atoms with Crippen LogP contribution >= 0.6 is 0 Å². The van der Waals surface area contributed by atoms with Gasteiger partial charge in [0.1, 0.15) is 0 Å². The van der Waals surface area contributed by atoms with Gasteiger partial charge in [0.25, 0.3) is 5.91 Å². The number of aryl methyl sites for hydroxylation is 1. The number of likely N-dealkylation sites (N-methyl/N-ethyl adjacent to an activating group) is 1. The largest absolute Gasteiger partial charge is 0.334 e. The van der Waals surface area contributed by atoms with E-state index >= 15 is 0 Å². The molecule has 0 bridgehead atoms. The third kappa shape index (κ3) is 4.72. The number of carbonyl (C=O) groups is 1. The van der Waals surface area contributed by atoms with Gasteiger partial charge in [0.15, 0.2) is 0 Å². The van der Waals surface area contributed by atoms with Gasteiger partial charge in [0, 0.05) is 5.56 Å². The first-order valence-electron chi connectivity index (χ1n) is 9.48. The van der Waals surface area contributed by atoms with Crippen molar-refractivity contribution in [2.24, 2.45) is 0 Å². The van der Waals surface area contributed by atoms with Crippen molar-refractivity contribution in [3.63, 3.8) is 0 Å². The normalized spacial score (nSPS) is 15.5. The van der Waals surface area contributed by atoms with Crippen LogP contribution in [-0.2, 0) is 16.6 Å². The lowest BCUT2D eigenvalue weighted by Gasteiger charge is -2.30. The van der Waals surface area contributed by atoms with Crippen LogP contribution in [0.3, 0.4) is 0 Å². The molecular weight excluding hydrogens is 374 g/mol. The Hall–Kier alpha value is -2.38. The number of hydrogen-bond acceptors (Lipinski definition) is 3. The molecule has 1 heterocycles. The molecule has 1 N–H and O–H groups in total.